The molecule has 4 aliphatic carbocycles. The quantitative estimate of drug-likeness (QED) is 0.247. The summed E-state index contributed by atoms with van der Waals surface area (Å²) in [6.45, 7) is 12.3. The number of esters is 2. The molecule has 6 rings (SSSR count). The number of hydrogen-bond acceptors (Lipinski definition) is 4. The molecule has 0 heterocycles. The summed E-state index contributed by atoms with van der Waals surface area (Å²) >= 11 is 12.2. The first-order chi connectivity index (χ1) is 22.4. The highest BCUT2D eigenvalue weighted by Gasteiger charge is 2.62. The fraction of sp³-hybridized carbons (Fsp3) is 0.659. The molecule has 0 N–H and O–H groups in total. The molecule has 0 radical (unpaired) electrons. The first-order valence-electron chi connectivity index (χ1n) is 18.3. The lowest BCUT2D eigenvalue weighted by Crippen LogP contribution is -2.58. The van der Waals surface area contributed by atoms with Crippen LogP contribution in [-0.4, -0.2) is 24.1 Å². The van der Waals surface area contributed by atoms with Crippen LogP contribution in [0.25, 0.3) is 0 Å². The lowest BCUT2D eigenvalue weighted by atomic mass is 9.44. The summed E-state index contributed by atoms with van der Waals surface area (Å²) in [7, 11) is 0. The Morgan fingerprint density at radius 3 is 1.91 bits per heavy atom. The van der Waals surface area contributed by atoms with Gasteiger partial charge in [0, 0.05) is 10.0 Å². The molecule has 4 fully saturated rings. The maximum atomic E-state index is 13.5. The Balaban J connectivity index is 1.22. The van der Waals surface area contributed by atoms with Gasteiger partial charge in [-0.3, -0.25) is 0 Å². The van der Waals surface area contributed by atoms with Gasteiger partial charge in [-0.1, -0.05) is 77.1 Å². The van der Waals surface area contributed by atoms with Gasteiger partial charge in [-0.15, -0.1) is 0 Å². The van der Waals surface area contributed by atoms with Gasteiger partial charge in [-0.05, 0) is 152 Å². The molecule has 47 heavy (non-hydrogen) atoms. The summed E-state index contributed by atoms with van der Waals surface area (Å²) in [5.41, 5.74) is 1.36. The van der Waals surface area contributed by atoms with E-state index in [0.29, 0.717) is 44.3 Å². The molecular formula is C41H54Cl2O4. The Hall–Kier alpha value is -2.04. The number of benzene rings is 2. The molecule has 0 unspecified atom stereocenters. The molecule has 0 spiro atoms. The highest BCUT2D eigenvalue weighted by molar-refractivity contribution is 6.31. The van der Waals surface area contributed by atoms with Crippen molar-refractivity contribution in [3.63, 3.8) is 0 Å². The predicted molar refractivity (Wildman–Crippen MR) is 190 cm³/mol. The molecule has 4 aliphatic rings. The van der Waals surface area contributed by atoms with Crippen LogP contribution >= 0.6 is 23.2 Å². The average Bonchev–Trinajstić information content (AvgIpc) is 3.39. The van der Waals surface area contributed by atoms with Crippen LogP contribution in [0.1, 0.15) is 126 Å². The number of halogens is 2. The second kappa shape index (κ2) is 14.1. The van der Waals surface area contributed by atoms with Crippen molar-refractivity contribution >= 4 is 35.1 Å². The number of ether oxygens (including phenoxy) is 2. The van der Waals surface area contributed by atoms with E-state index in [1.165, 1.54) is 51.4 Å². The summed E-state index contributed by atoms with van der Waals surface area (Å²) in [5, 5.41) is 1.14. The van der Waals surface area contributed by atoms with E-state index in [0.717, 1.165) is 42.9 Å². The van der Waals surface area contributed by atoms with Crippen LogP contribution < -0.4 is 0 Å². The fourth-order valence-electron chi connectivity index (χ4n) is 11.1. The molecule has 4 saturated carbocycles. The smallest absolute Gasteiger partial charge is 0.338 e. The number of carbonyl (C=O) groups excluding carboxylic acids is 2. The molecule has 2 aromatic carbocycles. The van der Waals surface area contributed by atoms with Crippen molar-refractivity contribution in [3.05, 3.63) is 69.7 Å². The Bertz CT molecular complexity index is 1410. The molecule has 0 bridgehead atoms. The van der Waals surface area contributed by atoms with Crippen LogP contribution in [0.2, 0.25) is 10.0 Å². The van der Waals surface area contributed by atoms with Gasteiger partial charge < -0.3 is 9.47 Å². The van der Waals surface area contributed by atoms with E-state index in [-0.39, 0.29) is 5.41 Å². The zero-order valence-electron chi connectivity index (χ0n) is 29.0. The number of rotatable bonds is 9. The first-order valence-corrected chi connectivity index (χ1v) is 19.1. The fourth-order valence-corrected chi connectivity index (χ4v) is 11.3. The first kappa shape index (κ1) is 34.8. The number of carbonyl (C=O) groups is 2. The third-order valence-corrected chi connectivity index (χ3v) is 14.0. The molecule has 0 amide bonds. The summed E-state index contributed by atoms with van der Waals surface area (Å²) in [4.78, 5) is 26.8. The van der Waals surface area contributed by atoms with E-state index in [2.05, 4.69) is 34.6 Å². The number of hydrogen-bond donors (Lipinski definition) is 0. The van der Waals surface area contributed by atoms with Crippen LogP contribution in [0, 0.1) is 52.3 Å². The largest absolute Gasteiger partial charge is 0.455 e. The minimum absolute atomic E-state index is 0.0271. The monoisotopic (exact) mass is 680 g/mol. The van der Waals surface area contributed by atoms with Crippen molar-refractivity contribution in [2.75, 3.05) is 0 Å². The van der Waals surface area contributed by atoms with Crippen molar-refractivity contribution in [3.8, 4) is 0 Å². The molecular weight excluding hydrogens is 627 g/mol. The zero-order chi connectivity index (χ0) is 33.5. The lowest BCUT2D eigenvalue weighted by molar-refractivity contribution is -0.163. The second-order valence-corrected chi connectivity index (χ2v) is 17.4. The summed E-state index contributed by atoms with van der Waals surface area (Å²) in [6, 6.07) is 13.6. The predicted octanol–water partition coefficient (Wildman–Crippen LogP) is 11.5. The molecule has 256 valence electrons. The van der Waals surface area contributed by atoms with E-state index in [4.69, 9.17) is 32.7 Å². The third kappa shape index (κ3) is 7.03. The van der Waals surface area contributed by atoms with E-state index in [1.807, 2.05) is 0 Å². The Kier molecular flexibility index (Phi) is 10.4. The normalized spacial score (nSPS) is 35.4. The van der Waals surface area contributed by atoms with Gasteiger partial charge in [0.1, 0.15) is 12.2 Å². The van der Waals surface area contributed by atoms with Crippen LogP contribution in [0.5, 0.6) is 0 Å². The minimum Gasteiger partial charge on any atom is -0.455 e. The van der Waals surface area contributed by atoms with Gasteiger partial charge in [-0.25, -0.2) is 9.59 Å². The summed E-state index contributed by atoms with van der Waals surface area (Å²) in [5.74, 6) is 4.10. The molecule has 2 aromatic rings. The maximum Gasteiger partial charge on any atom is 0.338 e. The Labute approximate surface area is 292 Å². The van der Waals surface area contributed by atoms with Crippen LogP contribution in [0.15, 0.2) is 48.5 Å². The van der Waals surface area contributed by atoms with Gasteiger partial charge >= 0.3 is 11.9 Å². The number of fused-ring (bicyclic) bond motifs is 5. The average molecular weight is 682 g/mol. The van der Waals surface area contributed by atoms with Crippen molar-refractivity contribution < 1.29 is 19.1 Å². The van der Waals surface area contributed by atoms with Crippen LogP contribution in [0.3, 0.4) is 0 Å². The Morgan fingerprint density at radius 1 is 0.745 bits per heavy atom. The van der Waals surface area contributed by atoms with Gasteiger partial charge in [0.2, 0.25) is 0 Å². The molecule has 0 aliphatic heterocycles. The molecule has 6 heteroatoms. The minimum atomic E-state index is -0.514. The SMILES string of the molecule is CC(C)CCC[C@@H](C)[C@H]1CC[C@H]2[C@@H]3CC[C@H]4C[C@H](OC(=O)c5ccc(Cl)cc5)[C@@H](OC(=O)c5ccc(Cl)cc5)C[C@]4(C)[C@H]3CC[C@]12C. The van der Waals surface area contributed by atoms with E-state index < -0.39 is 24.1 Å². The van der Waals surface area contributed by atoms with E-state index in [1.54, 1.807) is 48.5 Å². The van der Waals surface area contributed by atoms with Gasteiger partial charge in [0.05, 0.1) is 11.1 Å². The van der Waals surface area contributed by atoms with E-state index >= 15 is 0 Å². The second-order valence-electron chi connectivity index (χ2n) is 16.5. The molecule has 0 saturated heterocycles. The third-order valence-electron chi connectivity index (χ3n) is 13.5. The van der Waals surface area contributed by atoms with Gasteiger partial charge in [-0.2, -0.15) is 0 Å². The molecule has 0 aromatic heterocycles. The van der Waals surface area contributed by atoms with Gasteiger partial charge in [0.15, 0.2) is 0 Å². The molecule has 10 atom stereocenters. The molecule has 4 nitrogen and oxygen atoms in total. The van der Waals surface area contributed by atoms with Crippen LogP contribution in [0.4, 0.5) is 0 Å². The maximum absolute atomic E-state index is 13.5. The standard InChI is InChI=1S/C41H54Cl2O4/c1-25(2)7-6-8-26(3)33-19-20-34-32-18-13-29-23-36(46-38(44)27-9-14-30(42)15-10-27)37(47-39(45)28-11-16-31(43)17-12-28)24-41(29,5)35(32)21-22-40(33,34)4/h9-12,14-17,25-26,29,32-37H,6-8,13,18-24H2,1-5H3/t26-,29+,32+,33-,34+,35+,36+,37+,40-,41+/m1/s1. The highest BCUT2D eigenvalue weighted by atomic mass is 35.5. The summed E-state index contributed by atoms with van der Waals surface area (Å²) < 4.78 is 12.5. The van der Waals surface area contributed by atoms with Crippen molar-refractivity contribution in [1.29, 1.82) is 0 Å². The Morgan fingerprint density at radius 2 is 1.32 bits per heavy atom. The van der Waals surface area contributed by atoms with Crippen molar-refractivity contribution in [2.45, 2.75) is 117 Å². The highest BCUT2D eigenvalue weighted by Crippen LogP contribution is 2.68. The zero-order valence-corrected chi connectivity index (χ0v) is 30.5. The van der Waals surface area contributed by atoms with Crippen molar-refractivity contribution in [2.24, 2.45) is 52.3 Å². The van der Waals surface area contributed by atoms with E-state index in [9.17, 15) is 9.59 Å². The van der Waals surface area contributed by atoms with Gasteiger partial charge in [0.25, 0.3) is 0 Å². The van der Waals surface area contributed by atoms with Crippen LogP contribution in [-0.2, 0) is 9.47 Å². The lowest BCUT2D eigenvalue weighted by Gasteiger charge is -2.62. The topological polar surface area (TPSA) is 52.6 Å². The summed E-state index contributed by atoms with van der Waals surface area (Å²) in [6.07, 6.45) is 12.1. The van der Waals surface area contributed by atoms with Crippen molar-refractivity contribution in [1.82, 2.24) is 0 Å².